The first-order chi connectivity index (χ1) is 11.9. The number of hydrogen-bond donors (Lipinski definition) is 3. The van der Waals surface area contributed by atoms with Crippen molar-refractivity contribution in [2.24, 2.45) is 5.92 Å². The smallest absolute Gasteiger partial charge is 0.397 e. The lowest BCUT2D eigenvalue weighted by atomic mass is 9.83. The van der Waals surface area contributed by atoms with E-state index in [1.165, 1.54) is 13.8 Å². The van der Waals surface area contributed by atoms with Crippen molar-refractivity contribution in [2.75, 3.05) is 0 Å². The Bertz CT molecular complexity index is 846. The van der Waals surface area contributed by atoms with E-state index in [1.54, 1.807) is 0 Å². The van der Waals surface area contributed by atoms with Crippen molar-refractivity contribution in [3.05, 3.63) is 22.2 Å². The van der Waals surface area contributed by atoms with Crippen LogP contribution in [0.25, 0.3) is 0 Å². The number of carboxylic acid groups (broad SMARTS) is 1. The number of amides is 2. The number of fused-ring (bicyclic) bond motifs is 1. The molecule has 0 aromatic rings. The number of hydrogen-bond acceptors (Lipinski definition) is 7. The van der Waals surface area contributed by atoms with Crippen molar-refractivity contribution < 1.29 is 40.9 Å². The maximum atomic E-state index is 12.3. The second kappa shape index (κ2) is 7.26. The minimum absolute atomic E-state index is 0.0426. The van der Waals surface area contributed by atoms with Crippen LogP contribution in [0.3, 0.4) is 0 Å². The van der Waals surface area contributed by atoms with Crippen molar-refractivity contribution in [1.82, 2.24) is 10.2 Å². The summed E-state index contributed by atoms with van der Waals surface area (Å²) in [4.78, 5) is 35.4. The Hall–Kier alpha value is -2.09. The third-order valence-electron chi connectivity index (χ3n) is 3.87. The number of β-lactam (4-membered cyclic amide) rings is 1. The number of aliphatic carboxylic acids is 1. The predicted molar refractivity (Wildman–Crippen MR) is 86.6 cm³/mol. The van der Waals surface area contributed by atoms with Crippen LogP contribution >= 0.6 is 0 Å². The Morgan fingerprint density at radius 1 is 1.46 bits per heavy atom. The first-order valence-electron chi connectivity index (χ1n) is 7.23. The molecule has 11 nitrogen and oxygen atoms in total. The topological polar surface area (TPSA) is 167 Å². The predicted octanol–water partition coefficient (Wildman–Crippen LogP) is -0.923. The Labute approximate surface area is 151 Å². The van der Waals surface area contributed by atoms with E-state index in [9.17, 15) is 32.1 Å². The maximum absolute atomic E-state index is 12.3. The number of rotatable bonds is 7. The minimum Gasteiger partial charge on any atom is -0.477 e. The number of nitrogens with zero attached hydrogens (tertiary/aromatic N) is 1. The summed E-state index contributed by atoms with van der Waals surface area (Å²) < 4.78 is 47.1. The van der Waals surface area contributed by atoms with E-state index in [-0.39, 0.29) is 11.3 Å². The van der Waals surface area contributed by atoms with Gasteiger partial charge in [-0.15, -0.1) is 0 Å². The average Bonchev–Trinajstić information content (AvgIpc) is 2.80. The van der Waals surface area contributed by atoms with Crippen molar-refractivity contribution in [3.8, 4) is 0 Å². The summed E-state index contributed by atoms with van der Waals surface area (Å²) in [6.45, 7) is 2.48. The molecule has 1 saturated heterocycles. The van der Waals surface area contributed by atoms with Gasteiger partial charge in [-0.25, -0.2) is 13.2 Å². The van der Waals surface area contributed by atoms with Gasteiger partial charge in [0.05, 0.1) is 33.8 Å². The van der Waals surface area contributed by atoms with E-state index in [4.69, 9.17) is 4.55 Å². The Kier molecular flexibility index (Phi) is 5.65. The van der Waals surface area contributed by atoms with Gasteiger partial charge in [-0.2, -0.15) is 8.42 Å². The molecular weight excluding hydrogens is 392 g/mol. The Balaban J connectivity index is 2.24. The van der Waals surface area contributed by atoms with Crippen LogP contribution in [0.1, 0.15) is 20.3 Å². The second-order valence-corrected chi connectivity index (χ2v) is 8.02. The number of carbonyl (C=O) groups excluding carboxylic acids is 2. The molecule has 2 aliphatic heterocycles. The average molecular weight is 408 g/mol. The lowest BCUT2D eigenvalue weighted by Crippen LogP contribution is -2.62. The summed E-state index contributed by atoms with van der Waals surface area (Å²) in [5.74, 6) is -3.59. The fourth-order valence-corrected chi connectivity index (χ4v) is 4.51. The molecule has 26 heavy (non-hydrogen) atoms. The molecule has 0 unspecified atom stereocenters. The van der Waals surface area contributed by atoms with Crippen molar-refractivity contribution in [1.29, 1.82) is 0 Å². The summed E-state index contributed by atoms with van der Waals surface area (Å²) in [6.07, 6.45) is -0.200. The first-order valence-corrected chi connectivity index (χ1v) is 9.81. The second-order valence-electron chi connectivity index (χ2n) is 5.61. The van der Waals surface area contributed by atoms with E-state index in [1.807, 2.05) is 0 Å². The van der Waals surface area contributed by atoms with Crippen LogP contribution in [0.2, 0.25) is 0 Å². The van der Waals surface area contributed by atoms with Gasteiger partial charge in [0, 0.05) is 25.0 Å². The van der Waals surface area contributed by atoms with Crippen LogP contribution in [0.4, 0.5) is 0 Å². The molecular formula is C13H16N2O9S2. The van der Waals surface area contributed by atoms with Gasteiger partial charge in [0.15, 0.2) is 0 Å². The summed E-state index contributed by atoms with van der Waals surface area (Å²) in [5.41, 5.74) is -0.443. The SMILES string of the molecule is CC(=O)N/C=C/[S@](=O)C1=C(C(=O)O)N2C(=O)[C@@H]([C@H](C)OS(=O)(=O)O)[C@@H]2C1. The third-order valence-corrected chi connectivity index (χ3v) is 5.65. The number of carboxylic acids is 1. The van der Waals surface area contributed by atoms with Gasteiger partial charge in [0.2, 0.25) is 11.8 Å². The van der Waals surface area contributed by atoms with Gasteiger partial charge < -0.3 is 15.3 Å². The molecule has 2 aliphatic rings. The number of nitrogens with one attached hydrogen (secondary N) is 1. The van der Waals surface area contributed by atoms with E-state index in [0.717, 1.165) is 16.5 Å². The van der Waals surface area contributed by atoms with Gasteiger partial charge in [-0.3, -0.25) is 14.1 Å². The lowest BCUT2D eigenvalue weighted by molar-refractivity contribution is -0.160. The molecule has 4 atom stereocenters. The van der Waals surface area contributed by atoms with Gasteiger partial charge in [0.1, 0.15) is 5.70 Å². The molecule has 0 radical (unpaired) electrons. The molecule has 2 amide bonds. The van der Waals surface area contributed by atoms with Crippen LogP contribution < -0.4 is 5.32 Å². The fourth-order valence-electron chi connectivity index (χ4n) is 2.94. The molecule has 13 heteroatoms. The van der Waals surface area contributed by atoms with Crippen LogP contribution in [0.15, 0.2) is 22.2 Å². The first kappa shape index (κ1) is 20.2. The van der Waals surface area contributed by atoms with E-state index in [0.29, 0.717) is 0 Å². The zero-order valence-corrected chi connectivity index (χ0v) is 15.2. The quantitative estimate of drug-likeness (QED) is 0.356. The van der Waals surface area contributed by atoms with Crippen molar-refractivity contribution >= 4 is 39.0 Å². The molecule has 0 aromatic heterocycles. The highest BCUT2D eigenvalue weighted by Gasteiger charge is 2.58. The molecule has 0 aromatic carbocycles. The van der Waals surface area contributed by atoms with Gasteiger partial charge >= 0.3 is 16.4 Å². The Morgan fingerprint density at radius 3 is 2.58 bits per heavy atom. The van der Waals surface area contributed by atoms with E-state index >= 15 is 0 Å². The van der Waals surface area contributed by atoms with Crippen LogP contribution in [-0.2, 0) is 39.8 Å². The zero-order chi connectivity index (χ0) is 19.8. The van der Waals surface area contributed by atoms with Crippen LogP contribution in [-0.4, -0.2) is 57.1 Å². The minimum atomic E-state index is -4.79. The highest BCUT2D eigenvalue weighted by Crippen LogP contribution is 2.45. The standard InChI is InChI=1S/C13H16N2O9S2/c1-6(24-26(21,22)23)10-8-5-9(25(20)4-3-14-7(2)16)11(13(18)19)15(8)12(10)17/h3-4,6,8,10H,5H2,1-2H3,(H,14,16)(H,18,19)(H,21,22,23)/b4-3+/t6-,8-,10-,25-/m0/s1. The summed E-state index contributed by atoms with van der Waals surface area (Å²) in [5, 5.41) is 12.7. The van der Waals surface area contributed by atoms with E-state index < -0.39 is 62.7 Å². The highest BCUT2D eigenvalue weighted by molar-refractivity contribution is 7.91. The maximum Gasteiger partial charge on any atom is 0.397 e. The van der Waals surface area contributed by atoms with E-state index in [2.05, 4.69) is 9.50 Å². The molecule has 0 saturated carbocycles. The molecule has 0 bridgehead atoms. The van der Waals surface area contributed by atoms with Crippen molar-refractivity contribution in [3.63, 3.8) is 0 Å². The Morgan fingerprint density at radius 2 is 2.08 bits per heavy atom. The summed E-state index contributed by atoms with van der Waals surface area (Å²) in [6, 6.07) is -0.751. The highest BCUT2D eigenvalue weighted by atomic mass is 32.3. The molecule has 144 valence electrons. The largest absolute Gasteiger partial charge is 0.477 e. The fraction of sp³-hybridized carbons (Fsp3) is 0.462. The monoisotopic (exact) mass is 408 g/mol. The van der Waals surface area contributed by atoms with Gasteiger partial charge in [0.25, 0.3) is 0 Å². The third kappa shape index (κ3) is 4.00. The molecule has 2 rings (SSSR count). The number of carbonyl (C=O) groups is 3. The van der Waals surface area contributed by atoms with Gasteiger partial charge in [-0.1, -0.05) is 0 Å². The van der Waals surface area contributed by atoms with Gasteiger partial charge in [-0.05, 0) is 6.92 Å². The van der Waals surface area contributed by atoms with Crippen LogP contribution in [0.5, 0.6) is 0 Å². The summed E-state index contributed by atoms with van der Waals surface area (Å²) >= 11 is 0. The lowest BCUT2D eigenvalue weighted by Gasteiger charge is -2.45. The van der Waals surface area contributed by atoms with Crippen LogP contribution in [0, 0.1) is 5.92 Å². The summed E-state index contributed by atoms with van der Waals surface area (Å²) in [7, 11) is -6.71. The molecule has 2 heterocycles. The molecule has 1 fully saturated rings. The van der Waals surface area contributed by atoms with Crippen molar-refractivity contribution in [2.45, 2.75) is 32.4 Å². The molecule has 0 spiro atoms. The molecule has 0 aliphatic carbocycles. The normalized spacial score (nSPS) is 25.0. The molecule has 3 N–H and O–H groups in total. The zero-order valence-electron chi connectivity index (χ0n) is 13.6.